The SMILES string of the molecule is CCS(=O)(=O)c1ccc(C2CC2)nc1-c1nc2cc(C(F)(F)C(F)(F)F)cnc2n1C. The highest BCUT2D eigenvalue weighted by molar-refractivity contribution is 7.91. The van der Waals surface area contributed by atoms with Gasteiger partial charge in [-0.15, -0.1) is 0 Å². The zero-order chi connectivity index (χ0) is 22.8. The van der Waals surface area contributed by atoms with Gasteiger partial charge in [0.05, 0.1) is 16.2 Å². The Hall–Kier alpha value is -2.63. The first kappa shape index (κ1) is 21.6. The van der Waals surface area contributed by atoms with E-state index in [1.807, 2.05) is 0 Å². The van der Waals surface area contributed by atoms with Gasteiger partial charge in [0.2, 0.25) is 0 Å². The fraction of sp³-hybridized carbons (Fsp3) is 0.421. The fourth-order valence-corrected chi connectivity index (χ4v) is 4.28. The van der Waals surface area contributed by atoms with Gasteiger partial charge in [-0.05, 0) is 31.0 Å². The quantitative estimate of drug-likeness (QED) is 0.529. The first-order valence-electron chi connectivity index (χ1n) is 9.38. The summed E-state index contributed by atoms with van der Waals surface area (Å²) in [6, 6.07) is 3.68. The molecule has 12 heteroatoms. The maximum absolute atomic E-state index is 13.7. The molecule has 1 saturated carbocycles. The lowest BCUT2D eigenvalue weighted by Crippen LogP contribution is -2.33. The number of fused-ring (bicyclic) bond motifs is 1. The molecular formula is C19H17F5N4O2S. The van der Waals surface area contributed by atoms with Crippen molar-refractivity contribution >= 4 is 21.0 Å². The Kier molecular flexibility index (Phi) is 4.83. The van der Waals surface area contributed by atoms with Crippen molar-refractivity contribution in [3.05, 3.63) is 35.7 Å². The number of nitrogens with zero attached hydrogens (tertiary/aromatic N) is 4. The topological polar surface area (TPSA) is 77.7 Å². The van der Waals surface area contributed by atoms with Gasteiger partial charge in [-0.2, -0.15) is 22.0 Å². The van der Waals surface area contributed by atoms with Gasteiger partial charge in [0.15, 0.2) is 21.3 Å². The molecule has 0 bridgehead atoms. The maximum atomic E-state index is 13.7. The predicted octanol–water partition coefficient (Wildman–Crippen LogP) is 4.36. The van der Waals surface area contributed by atoms with E-state index in [0.29, 0.717) is 18.0 Å². The summed E-state index contributed by atoms with van der Waals surface area (Å²) in [7, 11) is -2.24. The van der Waals surface area contributed by atoms with Gasteiger partial charge in [0.1, 0.15) is 11.2 Å². The molecular weight excluding hydrogens is 443 g/mol. The molecule has 1 aliphatic carbocycles. The molecule has 0 radical (unpaired) electrons. The number of pyridine rings is 2. The number of imidazole rings is 1. The molecule has 0 spiro atoms. The van der Waals surface area contributed by atoms with Crippen LogP contribution in [0.4, 0.5) is 22.0 Å². The predicted molar refractivity (Wildman–Crippen MR) is 101 cm³/mol. The Labute approximate surface area is 174 Å². The monoisotopic (exact) mass is 460 g/mol. The molecule has 166 valence electrons. The van der Waals surface area contributed by atoms with Gasteiger partial charge in [0.25, 0.3) is 0 Å². The standard InChI is InChI=1S/C19H17F5N4O2S/c1-3-31(29,30)14-7-6-12(10-4-5-10)26-15(14)17-27-13-8-11(9-25-16(13)28(17)2)18(20,21)19(22,23)24/h6-10H,3-5H2,1-2H3. The average Bonchev–Trinajstić information content (AvgIpc) is 3.50. The summed E-state index contributed by atoms with van der Waals surface area (Å²) >= 11 is 0. The van der Waals surface area contributed by atoms with E-state index in [-0.39, 0.29) is 39.2 Å². The molecule has 0 atom stereocenters. The lowest BCUT2D eigenvalue weighted by atomic mass is 10.1. The molecule has 3 aromatic heterocycles. The van der Waals surface area contributed by atoms with Crippen molar-refractivity contribution < 1.29 is 30.4 Å². The van der Waals surface area contributed by atoms with Crippen LogP contribution in [0.2, 0.25) is 0 Å². The summed E-state index contributed by atoms with van der Waals surface area (Å²) in [5.74, 6) is -5.09. The number of hydrogen-bond donors (Lipinski definition) is 0. The Morgan fingerprint density at radius 3 is 2.39 bits per heavy atom. The summed E-state index contributed by atoms with van der Waals surface area (Å²) in [5, 5.41) is 0. The van der Waals surface area contributed by atoms with Crippen molar-refractivity contribution in [2.45, 2.75) is 42.7 Å². The Bertz CT molecular complexity index is 1280. The highest BCUT2D eigenvalue weighted by Crippen LogP contribution is 2.44. The normalized spacial score (nSPS) is 15.6. The van der Waals surface area contributed by atoms with Crippen LogP contribution in [-0.4, -0.2) is 39.9 Å². The molecule has 31 heavy (non-hydrogen) atoms. The highest BCUT2D eigenvalue weighted by Gasteiger charge is 2.59. The second-order valence-corrected chi connectivity index (χ2v) is 9.64. The first-order valence-corrected chi connectivity index (χ1v) is 11.0. The number of aryl methyl sites for hydroxylation is 1. The van der Waals surface area contributed by atoms with Gasteiger partial charge in [-0.3, -0.25) is 0 Å². The van der Waals surface area contributed by atoms with Crippen LogP contribution in [0.3, 0.4) is 0 Å². The van der Waals surface area contributed by atoms with Crippen molar-refractivity contribution in [1.82, 2.24) is 19.5 Å². The summed E-state index contributed by atoms with van der Waals surface area (Å²) in [6.07, 6.45) is -3.53. The zero-order valence-corrected chi connectivity index (χ0v) is 17.2. The molecule has 1 fully saturated rings. The lowest BCUT2D eigenvalue weighted by molar-refractivity contribution is -0.289. The molecule has 0 unspecified atom stereocenters. The third kappa shape index (κ3) is 3.56. The van der Waals surface area contributed by atoms with Crippen molar-refractivity contribution in [2.24, 2.45) is 7.05 Å². The number of rotatable bonds is 5. The van der Waals surface area contributed by atoms with Crippen LogP contribution in [0, 0.1) is 0 Å². The third-order valence-corrected chi connectivity index (χ3v) is 6.99. The number of sulfone groups is 1. The maximum Gasteiger partial charge on any atom is 0.458 e. The van der Waals surface area contributed by atoms with Crippen molar-refractivity contribution in [3.8, 4) is 11.5 Å². The van der Waals surface area contributed by atoms with Crippen LogP contribution in [-0.2, 0) is 22.8 Å². The van der Waals surface area contributed by atoms with Gasteiger partial charge >= 0.3 is 12.1 Å². The van der Waals surface area contributed by atoms with E-state index >= 15 is 0 Å². The first-order chi connectivity index (χ1) is 14.4. The molecule has 4 rings (SSSR count). The van der Waals surface area contributed by atoms with Crippen LogP contribution in [0.5, 0.6) is 0 Å². The van der Waals surface area contributed by atoms with Gasteiger partial charge < -0.3 is 4.57 Å². The van der Waals surface area contributed by atoms with Crippen molar-refractivity contribution in [3.63, 3.8) is 0 Å². The van der Waals surface area contributed by atoms with E-state index in [4.69, 9.17) is 0 Å². The number of hydrogen-bond acceptors (Lipinski definition) is 5. The second-order valence-electron chi connectivity index (χ2n) is 7.39. The van der Waals surface area contributed by atoms with E-state index in [1.54, 1.807) is 6.07 Å². The molecule has 0 saturated heterocycles. The van der Waals surface area contributed by atoms with Crippen molar-refractivity contribution in [1.29, 1.82) is 0 Å². The minimum atomic E-state index is -5.79. The van der Waals surface area contributed by atoms with E-state index in [1.165, 1.54) is 24.6 Å². The van der Waals surface area contributed by atoms with Gasteiger partial charge in [-0.1, -0.05) is 6.92 Å². The molecule has 3 aromatic rings. The Morgan fingerprint density at radius 2 is 1.81 bits per heavy atom. The van der Waals surface area contributed by atoms with E-state index in [0.717, 1.165) is 12.8 Å². The summed E-state index contributed by atoms with van der Waals surface area (Å²) in [5.41, 5.74) is -0.851. The molecule has 0 aromatic carbocycles. The lowest BCUT2D eigenvalue weighted by Gasteiger charge is -2.19. The minimum Gasteiger partial charge on any atom is -0.310 e. The van der Waals surface area contributed by atoms with Gasteiger partial charge in [-0.25, -0.2) is 23.4 Å². The smallest absolute Gasteiger partial charge is 0.310 e. The van der Waals surface area contributed by atoms with Crippen molar-refractivity contribution in [2.75, 3.05) is 5.75 Å². The number of halogens is 5. The minimum absolute atomic E-state index is 0.0181. The summed E-state index contributed by atoms with van der Waals surface area (Å²) < 4.78 is 92.2. The van der Waals surface area contributed by atoms with Crippen LogP contribution >= 0.6 is 0 Å². The zero-order valence-electron chi connectivity index (χ0n) is 16.4. The van der Waals surface area contributed by atoms with Crippen LogP contribution in [0.25, 0.3) is 22.7 Å². The average molecular weight is 460 g/mol. The molecule has 1 aliphatic rings. The van der Waals surface area contributed by atoms with E-state index < -0.39 is 27.5 Å². The highest BCUT2D eigenvalue weighted by atomic mass is 32.2. The van der Waals surface area contributed by atoms with Crippen LogP contribution in [0.1, 0.15) is 36.9 Å². The number of alkyl halides is 5. The second kappa shape index (κ2) is 6.94. The van der Waals surface area contributed by atoms with Gasteiger partial charge in [0, 0.05) is 24.9 Å². The molecule has 3 heterocycles. The van der Waals surface area contributed by atoms with Crippen LogP contribution in [0.15, 0.2) is 29.3 Å². The van der Waals surface area contributed by atoms with Crippen LogP contribution < -0.4 is 0 Å². The largest absolute Gasteiger partial charge is 0.458 e. The number of aromatic nitrogens is 4. The van der Waals surface area contributed by atoms with E-state index in [9.17, 15) is 30.4 Å². The molecule has 0 amide bonds. The molecule has 6 nitrogen and oxygen atoms in total. The summed E-state index contributed by atoms with van der Waals surface area (Å²) in [4.78, 5) is 12.3. The fourth-order valence-electron chi connectivity index (χ4n) is 3.26. The van der Waals surface area contributed by atoms with E-state index in [2.05, 4.69) is 15.0 Å². The molecule has 0 N–H and O–H groups in total. The third-order valence-electron chi connectivity index (χ3n) is 5.23. The molecule has 0 aliphatic heterocycles. The Morgan fingerprint density at radius 1 is 1.13 bits per heavy atom. The Balaban J connectivity index is 1.93. The summed E-state index contributed by atoms with van der Waals surface area (Å²) in [6.45, 7) is 1.47.